The fourth-order valence-corrected chi connectivity index (χ4v) is 6.83. The number of amides is 2. The summed E-state index contributed by atoms with van der Waals surface area (Å²) in [6.07, 6.45) is 5.55. The Balaban J connectivity index is 1.69. The summed E-state index contributed by atoms with van der Waals surface area (Å²) in [6.45, 7) is 3.56. The zero-order valence-corrected chi connectivity index (χ0v) is 25.2. The molecule has 4 rings (SSSR count). The number of nitrogens with zero attached hydrogens (tertiary/aromatic N) is 2. The average Bonchev–Trinajstić information content (AvgIpc) is 2.97. The molecular formula is C32H38ClN3O4S. The van der Waals surface area contributed by atoms with Crippen molar-refractivity contribution in [3.63, 3.8) is 0 Å². The van der Waals surface area contributed by atoms with Gasteiger partial charge < -0.3 is 10.2 Å². The van der Waals surface area contributed by atoms with Crippen molar-refractivity contribution >= 4 is 39.1 Å². The largest absolute Gasteiger partial charge is 0.352 e. The number of benzene rings is 3. The molecule has 1 fully saturated rings. The van der Waals surface area contributed by atoms with Crippen LogP contribution in [0.4, 0.5) is 5.69 Å². The first-order valence-corrected chi connectivity index (χ1v) is 16.0. The molecule has 1 N–H and O–H groups in total. The highest BCUT2D eigenvalue weighted by Gasteiger charge is 2.34. The van der Waals surface area contributed by atoms with Crippen molar-refractivity contribution in [2.75, 3.05) is 10.8 Å². The Hall–Kier alpha value is -3.36. The number of hydrogen-bond acceptors (Lipinski definition) is 4. The number of carbonyl (C=O) groups excluding carboxylic acids is 2. The molecule has 1 atom stereocenters. The van der Waals surface area contributed by atoms with Gasteiger partial charge >= 0.3 is 0 Å². The molecule has 2 amide bonds. The highest BCUT2D eigenvalue weighted by molar-refractivity contribution is 7.92. The maximum Gasteiger partial charge on any atom is 0.264 e. The van der Waals surface area contributed by atoms with Gasteiger partial charge in [-0.05, 0) is 73.7 Å². The minimum Gasteiger partial charge on any atom is -0.352 e. The van der Waals surface area contributed by atoms with Crippen molar-refractivity contribution < 1.29 is 18.0 Å². The lowest BCUT2D eigenvalue weighted by atomic mass is 9.95. The summed E-state index contributed by atoms with van der Waals surface area (Å²) in [5, 5.41) is 3.58. The van der Waals surface area contributed by atoms with E-state index in [2.05, 4.69) is 5.32 Å². The Bertz CT molecular complexity index is 1420. The predicted octanol–water partition coefficient (Wildman–Crippen LogP) is 6.10. The van der Waals surface area contributed by atoms with Crippen LogP contribution in [0.25, 0.3) is 0 Å². The summed E-state index contributed by atoms with van der Waals surface area (Å²) < 4.78 is 28.9. The van der Waals surface area contributed by atoms with E-state index in [1.807, 2.05) is 38.1 Å². The number of sulfonamides is 1. The molecule has 41 heavy (non-hydrogen) atoms. The van der Waals surface area contributed by atoms with E-state index in [-0.39, 0.29) is 23.4 Å². The highest BCUT2D eigenvalue weighted by atomic mass is 35.5. The van der Waals surface area contributed by atoms with Gasteiger partial charge in [0.05, 0.1) is 10.6 Å². The van der Waals surface area contributed by atoms with Gasteiger partial charge in [0.1, 0.15) is 12.6 Å². The molecule has 0 bridgehead atoms. The van der Waals surface area contributed by atoms with Crippen LogP contribution in [0, 0.1) is 6.92 Å². The normalized spacial score (nSPS) is 14.7. The van der Waals surface area contributed by atoms with E-state index in [9.17, 15) is 18.0 Å². The molecule has 1 aliphatic rings. The maximum absolute atomic E-state index is 14.2. The third-order valence-electron chi connectivity index (χ3n) is 7.66. The number of nitrogens with one attached hydrogen (secondary N) is 1. The van der Waals surface area contributed by atoms with Gasteiger partial charge in [-0.15, -0.1) is 0 Å². The van der Waals surface area contributed by atoms with E-state index in [4.69, 9.17) is 11.6 Å². The summed E-state index contributed by atoms with van der Waals surface area (Å²) in [7, 11) is -4.13. The SMILES string of the molecule is CCC(C(=O)NC1CCCCC1)N(Cc1ccccc1C)C(=O)CN(c1ccccc1)S(=O)(=O)c1ccc(Cl)cc1. The highest BCUT2D eigenvalue weighted by Crippen LogP contribution is 2.26. The van der Waals surface area contributed by atoms with Crippen LogP contribution >= 0.6 is 11.6 Å². The van der Waals surface area contributed by atoms with Crippen LogP contribution in [0.3, 0.4) is 0 Å². The molecule has 7 nitrogen and oxygen atoms in total. The second kappa shape index (κ2) is 14.0. The number of para-hydroxylation sites is 1. The summed E-state index contributed by atoms with van der Waals surface area (Å²) in [6, 6.07) is 21.5. The topological polar surface area (TPSA) is 86.8 Å². The Morgan fingerprint density at radius 1 is 0.927 bits per heavy atom. The number of rotatable bonds is 11. The molecule has 0 saturated heterocycles. The van der Waals surface area contributed by atoms with E-state index in [1.54, 1.807) is 30.3 Å². The quantitative estimate of drug-likeness (QED) is 0.290. The van der Waals surface area contributed by atoms with Crippen molar-refractivity contribution in [1.82, 2.24) is 10.2 Å². The summed E-state index contributed by atoms with van der Waals surface area (Å²) in [5.74, 6) is -0.659. The minimum absolute atomic E-state index is 0.0195. The van der Waals surface area contributed by atoms with Crippen LogP contribution in [-0.4, -0.2) is 43.8 Å². The molecule has 1 unspecified atom stereocenters. The van der Waals surface area contributed by atoms with Gasteiger partial charge in [-0.1, -0.05) is 80.3 Å². The molecule has 0 spiro atoms. The lowest BCUT2D eigenvalue weighted by molar-refractivity contribution is -0.140. The zero-order chi connectivity index (χ0) is 29.4. The van der Waals surface area contributed by atoms with Gasteiger partial charge in [0.2, 0.25) is 11.8 Å². The number of carbonyl (C=O) groups is 2. The summed E-state index contributed by atoms with van der Waals surface area (Å²) >= 11 is 6.02. The van der Waals surface area contributed by atoms with Gasteiger partial charge in [-0.3, -0.25) is 13.9 Å². The van der Waals surface area contributed by atoms with Crippen LogP contribution in [0.2, 0.25) is 5.02 Å². The number of anilines is 1. The number of halogens is 1. The standard InChI is InChI=1S/C32H38ClN3O4S/c1-3-30(32(38)34-27-14-6-4-7-15-27)35(22-25-13-11-10-12-24(25)2)31(37)23-36(28-16-8-5-9-17-28)41(39,40)29-20-18-26(33)19-21-29/h5,8-13,16-21,27,30H,3-4,6-7,14-15,22-23H2,1-2H3,(H,34,38). The Kier molecular flexibility index (Phi) is 10.5. The van der Waals surface area contributed by atoms with Crippen LogP contribution in [0.5, 0.6) is 0 Å². The number of aryl methyl sites for hydroxylation is 1. The fourth-order valence-electron chi connectivity index (χ4n) is 5.29. The van der Waals surface area contributed by atoms with E-state index in [0.29, 0.717) is 17.1 Å². The van der Waals surface area contributed by atoms with Gasteiger partial charge in [-0.2, -0.15) is 0 Å². The fraction of sp³-hybridized carbons (Fsp3) is 0.375. The molecule has 0 heterocycles. The minimum atomic E-state index is -4.13. The zero-order valence-electron chi connectivity index (χ0n) is 23.6. The summed E-state index contributed by atoms with van der Waals surface area (Å²) in [4.78, 5) is 29.4. The smallest absolute Gasteiger partial charge is 0.264 e. The summed E-state index contributed by atoms with van der Waals surface area (Å²) in [5.41, 5.74) is 2.24. The number of hydrogen-bond donors (Lipinski definition) is 1. The molecular weight excluding hydrogens is 558 g/mol. The molecule has 0 radical (unpaired) electrons. The first-order valence-electron chi connectivity index (χ1n) is 14.2. The molecule has 3 aromatic rings. The van der Waals surface area contributed by atoms with Gasteiger partial charge in [-0.25, -0.2) is 8.42 Å². The van der Waals surface area contributed by atoms with E-state index in [0.717, 1.165) is 41.1 Å². The van der Waals surface area contributed by atoms with Crippen molar-refractivity contribution in [1.29, 1.82) is 0 Å². The van der Waals surface area contributed by atoms with Crippen molar-refractivity contribution in [2.24, 2.45) is 0 Å². The van der Waals surface area contributed by atoms with Crippen molar-refractivity contribution in [3.8, 4) is 0 Å². The lowest BCUT2D eigenvalue weighted by Gasteiger charge is -2.34. The molecule has 218 valence electrons. The monoisotopic (exact) mass is 595 g/mol. The van der Waals surface area contributed by atoms with Crippen LogP contribution in [-0.2, 0) is 26.2 Å². The Morgan fingerprint density at radius 3 is 2.20 bits per heavy atom. The van der Waals surface area contributed by atoms with Crippen LogP contribution in [0.15, 0.2) is 83.8 Å². The lowest BCUT2D eigenvalue weighted by Crippen LogP contribution is -2.54. The van der Waals surface area contributed by atoms with Gasteiger partial charge in [0, 0.05) is 17.6 Å². The maximum atomic E-state index is 14.2. The third-order valence-corrected chi connectivity index (χ3v) is 9.70. The van der Waals surface area contributed by atoms with E-state index >= 15 is 0 Å². The first-order chi connectivity index (χ1) is 19.7. The molecule has 1 aliphatic carbocycles. The third kappa shape index (κ3) is 7.68. The van der Waals surface area contributed by atoms with Crippen molar-refractivity contribution in [2.45, 2.75) is 75.9 Å². The van der Waals surface area contributed by atoms with Gasteiger partial charge in [0.25, 0.3) is 10.0 Å². The van der Waals surface area contributed by atoms with Crippen LogP contribution in [0.1, 0.15) is 56.6 Å². The molecule has 1 saturated carbocycles. The average molecular weight is 596 g/mol. The van der Waals surface area contributed by atoms with E-state index < -0.39 is 28.5 Å². The van der Waals surface area contributed by atoms with Crippen molar-refractivity contribution in [3.05, 3.63) is 95.0 Å². The molecule has 0 aliphatic heterocycles. The second-order valence-electron chi connectivity index (χ2n) is 10.5. The first kappa shape index (κ1) is 30.6. The Morgan fingerprint density at radius 2 is 1.56 bits per heavy atom. The van der Waals surface area contributed by atoms with E-state index in [1.165, 1.54) is 35.6 Å². The molecule has 3 aromatic carbocycles. The Labute approximate surface area is 248 Å². The van der Waals surface area contributed by atoms with Gasteiger partial charge in [0.15, 0.2) is 0 Å². The molecule has 9 heteroatoms. The van der Waals surface area contributed by atoms with Crippen LogP contribution < -0.4 is 9.62 Å². The molecule has 0 aromatic heterocycles. The predicted molar refractivity (Wildman–Crippen MR) is 163 cm³/mol. The second-order valence-corrected chi connectivity index (χ2v) is 12.8.